The largest absolute Gasteiger partial charge is 0.492 e. The topological polar surface area (TPSA) is 50.4 Å². The van der Waals surface area contributed by atoms with Crippen LogP contribution in [0.3, 0.4) is 0 Å². The van der Waals surface area contributed by atoms with Crippen LogP contribution in [0.15, 0.2) is 48.5 Å². The van der Waals surface area contributed by atoms with Crippen molar-refractivity contribution in [1.82, 2.24) is 10.6 Å². The molecular weight excluding hydrogens is 283 g/mol. The van der Waals surface area contributed by atoms with Gasteiger partial charge in [-0.1, -0.05) is 29.8 Å². The predicted octanol–water partition coefficient (Wildman–Crippen LogP) is 3.01. The van der Waals surface area contributed by atoms with Gasteiger partial charge in [0, 0.05) is 6.54 Å². The molecule has 0 saturated carbocycles. The number of nitrogens with one attached hydrogen (secondary N) is 2. The van der Waals surface area contributed by atoms with Crippen LogP contribution in [0.4, 0.5) is 9.18 Å². The van der Waals surface area contributed by atoms with Crippen LogP contribution in [0.5, 0.6) is 5.75 Å². The lowest BCUT2D eigenvalue weighted by atomic mass is 10.2. The number of halogens is 1. The van der Waals surface area contributed by atoms with Crippen molar-refractivity contribution in [3.63, 3.8) is 0 Å². The summed E-state index contributed by atoms with van der Waals surface area (Å²) in [5.74, 6) is 0.487. The van der Waals surface area contributed by atoms with Gasteiger partial charge in [-0.05, 0) is 36.8 Å². The molecule has 0 aliphatic rings. The van der Waals surface area contributed by atoms with Gasteiger partial charge in [0.15, 0.2) is 0 Å². The number of carbonyl (C=O) groups excluding carboxylic acids is 1. The second-order valence-electron chi connectivity index (χ2n) is 4.90. The minimum Gasteiger partial charge on any atom is -0.492 e. The Balaban J connectivity index is 1.61. The van der Waals surface area contributed by atoms with Gasteiger partial charge >= 0.3 is 6.03 Å². The van der Waals surface area contributed by atoms with Crippen molar-refractivity contribution in [2.75, 3.05) is 13.2 Å². The number of rotatable bonds is 6. The first-order chi connectivity index (χ1) is 10.6. The Kier molecular flexibility index (Phi) is 5.77. The zero-order chi connectivity index (χ0) is 15.8. The van der Waals surface area contributed by atoms with Gasteiger partial charge in [-0.3, -0.25) is 0 Å². The van der Waals surface area contributed by atoms with E-state index in [1.807, 2.05) is 31.2 Å². The highest BCUT2D eigenvalue weighted by Gasteiger charge is 2.00. The molecule has 0 atom stereocenters. The van der Waals surface area contributed by atoms with Crippen LogP contribution in [-0.4, -0.2) is 19.2 Å². The molecule has 2 aromatic rings. The smallest absolute Gasteiger partial charge is 0.315 e. The molecule has 5 heteroatoms. The Labute approximate surface area is 129 Å². The molecule has 2 rings (SSSR count). The van der Waals surface area contributed by atoms with Crippen LogP contribution < -0.4 is 15.4 Å². The fourth-order valence-corrected chi connectivity index (χ4v) is 1.82. The maximum Gasteiger partial charge on any atom is 0.315 e. The lowest BCUT2D eigenvalue weighted by molar-refractivity contribution is 0.236. The Morgan fingerprint density at radius 1 is 1.05 bits per heavy atom. The summed E-state index contributed by atoms with van der Waals surface area (Å²) in [4.78, 5) is 11.6. The summed E-state index contributed by atoms with van der Waals surface area (Å²) in [6, 6.07) is 13.4. The Bertz CT molecular complexity index is 597. The summed E-state index contributed by atoms with van der Waals surface area (Å²) in [7, 11) is 0. The van der Waals surface area contributed by atoms with Gasteiger partial charge in [0.25, 0.3) is 0 Å². The fourth-order valence-electron chi connectivity index (χ4n) is 1.82. The van der Waals surface area contributed by atoms with Gasteiger partial charge in [-0.2, -0.15) is 0 Å². The van der Waals surface area contributed by atoms with Crippen LogP contribution in [0.2, 0.25) is 0 Å². The molecule has 0 unspecified atom stereocenters. The summed E-state index contributed by atoms with van der Waals surface area (Å²) in [6.45, 7) is 3.16. The second kappa shape index (κ2) is 8.02. The van der Waals surface area contributed by atoms with E-state index in [0.29, 0.717) is 19.7 Å². The van der Waals surface area contributed by atoms with E-state index in [1.165, 1.54) is 17.7 Å². The number of carbonyl (C=O) groups is 1. The minimum absolute atomic E-state index is 0.281. The first-order valence-corrected chi connectivity index (χ1v) is 7.09. The molecule has 4 nitrogen and oxygen atoms in total. The van der Waals surface area contributed by atoms with Crippen molar-refractivity contribution >= 4 is 6.03 Å². The molecular formula is C17H19FN2O2. The van der Waals surface area contributed by atoms with E-state index in [-0.39, 0.29) is 11.8 Å². The molecule has 0 fully saturated rings. The lowest BCUT2D eigenvalue weighted by Gasteiger charge is -2.09. The number of amides is 2. The molecule has 0 saturated heterocycles. The summed E-state index contributed by atoms with van der Waals surface area (Å²) in [6.07, 6.45) is 0. The van der Waals surface area contributed by atoms with Crippen molar-refractivity contribution in [2.24, 2.45) is 0 Å². The van der Waals surface area contributed by atoms with Gasteiger partial charge in [0.05, 0.1) is 6.54 Å². The van der Waals surface area contributed by atoms with Crippen LogP contribution in [-0.2, 0) is 6.54 Å². The molecule has 116 valence electrons. The highest BCUT2D eigenvalue weighted by Crippen LogP contribution is 2.10. The highest BCUT2D eigenvalue weighted by molar-refractivity contribution is 5.73. The number of ether oxygens (including phenoxy) is 1. The van der Waals surface area contributed by atoms with E-state index in [4.69, 9.17) is 4.74 Å². The zero-order valence-electron chi connectivity index (χ0n) is 12.4. The molecule has 0 aliphatic carbocycles. The van der Waals surface area contributed by atoms with Crippen molar-refractivity contribution in [1.29, 1.82) is 0 Å². The normalized spacial score (nSPS) is 10.1. The molecule has 2 aromatic carbocycles. The van der Waals surface area contributed by atoms with Gasteiger partial charge in [-0.25, -0.2) is 9.18 Å². The van der Waals surface area contributed by atoms with Crippen LogP contribution in [0.1, 0.15) is 11.1 Å². The fraction of sp³-hybridized carbons (Fsp3) is 0.235. The Morgan fingerprint density at radius 3 is 2.41 bits per heavy atom. The molecule has 0 aromatic heterocycles. The summed E-state index contributed by atoms with van der Waals surface area (Å²) >= 11 is 0. The molecule has 0 radical (unpaired) electrons. The van der Waals surface area contributed by atoms with Crippen molar-refractivity contribution in [3.8, 4) is 5.75 Å². The van der Waals surface area contributed by atoms with E-state index >= 15 is 0 Å². The summed E-state index contributed by atoms with van der Waals surface area (Å²) in [5, 5.41) is 5.39. The van der Waals surface area contributed by atoms with Gasteiger partial charge in [-0.15, -0.1) is 0 Å². The number of urea groups is 1. The number of hydrogen-bond acceptors (Lipinski definition) is 2. The molecule has 0 heterocycles. The standard InChI is InChI=1S/C17H19FN2O2/c1-13-2-8-16(9-3-13)22-11-10-19-17(21)20-12-14-4-6-15(18)7-5-14/h2-9H,10-12H2,1H3,(H2,19,20,21). The third-order valence-electron chi connectivity index (χ3n) is 3.04. The second-order valence-corrected chi connectivity index (χ2v) is 4.90. The zero-order valence-corrected chi connectivity index (χ0v) is 12.4. The number of hydrogen-bond donors (Lipinski definition) is 2. The quantitative estimate of drug-likeness (QED) is 0.806. The minimum atomic E-state index is -0.290. The first kappa shape index (κ1) is 15.8. The van der Waals surface area contributed by atoms with Gasteiger partial charge in [0.1, 0.15) is 18.2 Å². The molecule has 2 amide bonds. The van der Waals surface area contributed by atoms with Gasteiger partial charge < -0.3 is 15.4 Å². The van der Waals surface area contributed by atoms with Crippen molar-refractivity contribution in [3.05, 3.63) is 65.5 Å². The van der Waals surface area contributed by atoms with Crippen molar-refractivity contribution < 1.29 is 13.9 Å². The van der Waals surface area contributed by atoms with E-state index in [2.05, 4.69) is 10.6 Å². The SMILES string of the molecule is Cc1ccc(OCCNC(=O)NCc2ccc(F)cc2)cc1. The van der Waals surface area contributed by atoms with Crippen LogP contribution in [0.25, 0.3) is 0 Å². The molecule has 0 bridgehead atoms. The molecule has 0 spiro atoms. The third kappa shape index (κ3) is 5.44. The number of aryl methyl sites for hydroxylation is 1. The monoisotopic (exact) mass is 302 g/mol. The van der Waals surface area contributed by atoms with E-state index < -0.39 is 0 Å². The summed E-state index contributed by atoms with van der Waals surface area (Å²) in [5.41, 5.74) is 2.01. The molecule has 0 aliphatic heterocycles. The van der Waals surface area contributed by atoms with E-state index in [9.17, 15) is 9.18 Å². The first-order valence-electron chi connectivity index (χ1n) is 7.09. The van der Waals surface area contributed by atoms with Gasteiger partial charge in [0.2, 0.25) is 0 Å². The average Bonchev–Trinajstić information content (AvgIpc) is 2.53. The van der Waals surface area contributed by atoms with E-state index in [0.717, 1.165) is 11.3 Å². The Morgan fingerprint density at radius 2 is 1.73 bits per heavy atom. The average molecular weight is 302 g/mol. The molecule has 2 N–H and O–H groups in total. The molecule has 22 heavy (non-hydrogen) atoms. The third-order valence-corrected chi connectivity index (χ3v) is 3.04. The van der Waals surface area contributed by atoms with Crippen LogP contribution in [0, 0.1) is 12.7 Å². The maximum atomic E-state index is 12.7. The van der Waals surface area contributed by atoms with Crippen molar-refractivity contribution in [2.45, 2.75) is 13.5 Å². The maximum absolute atomic E-state index is 12.7. The predicted molar refractivity (Wildman–Crippen MR) is 83.3 cm³/mol. The van der Waals surface area contributed by atoms with Crippen LogP contribution >= 0.6 is 0 Å². The van der Waals surface area contributed by atoms with E-state index in [1.54, 1.807) is 12.1 Å². The number of benzene rings is 2. The lowest BCUT2D eigenvalue weighted by Crippen LogP contribution is -2.37. The Hall–Kier alpha value is -2.56. The highest BCUT2D eigenvalue weighted by atomic mass is 19.1. The summed E-state index contributed by atoms with van der Waals surface area (Å²) < 4.78 is 18.2.